The molecule has 1 amide bonds. The smallest absolute Gasteiger partial charge is 0.410 e. The van der Waals surface area contributed by atoms with Crippen LogP contribution in [0.3, 0.4) is 0 Å². The van der Waals surface area contributed by atoms with E-state index in [2.05, 4.69) is 0 Å². The molecule has 0 fully saturated rings. The molecule has 110 valence electrons. The molecule has 3 nitrogen and oxygen atoms in total. The van der Waals surface area contributed by atoms with Crippen LogP contribution in [0.5, 0.6) is 5.75 Å². The van der Waals surface area contributed by atoms with Crippen molar-refractivity contribution in [2.75, 3.05) is 5.32 Å². The van der Waals surface area contributed by atoms with Gasteiger partial charge in [-0.3, -0.25) is 5.32 Å². The third-order valence-electron chi connectivity index (χ3n) is 2.50. The molecular formula is C14H9ClF3NO2. The van der Waals surface area contributed by atoms with Crippen molar-refractivity contribution in [1.82, 2.24) is 0 Å². The highest BCUT2D eigenvalue weighted by Gasteiger charge is 2.35. The third-order valence-corrected chi connectivity index (χ3v) is 2.81. The van der Waals surface area contributed by atoms with E-state index < -0.39 is 23.5 Å². The molecule has 0 aliphatic heterocycles. The molecule has 0 aromatic heterocycles. The zero-order valence-electron chi connectivity index (χ0n) is 10.4. The first-order valence-electron chi connectivity index (χ1n) is 5.77. The Bertz CT molecular complexity index is 644. The number of halogens is 4. The topological polar surface area (TPSA) is 38.3 Å². The second-order valence-electron chi connectivity index (χ2n) is 3.99. The zero-order valence-corrected chi connectivity index (χ0v) is 11.2. The summed E-state index contributed by atoms with van der Waals surface area (Å²) in [6.07, 6.45) is -5.69. The van der Waals surface area contributed by atoms with Gasteiger partial charge in [0.15, 0.2) is 0 Å². The maximum Gasteiger partial charge on any atom is 0.418 e. The predicted octanol–water partition coefficient (Wildman–Crippen LogP) is 4.97. The number of ether oxygens (including phenoxy) is 1. The molecule has 0 saturated heterocycles. The third kappa shape index (κ3) is 3.88. The predicted molar refractivity (Wildman–Crippen MR) is 72.5 cm³/mol. The highest BCUT2D eigenvalue weighted by Crippen LogP contribution is 2.38. The molecule has 0 aliphatic carbocycles. The summed E-state index contributed by atoms with van der Waals surface area (Å²) in [7, 11) is 0. The number of rotatable bonds is 2. The number of alkyl halides is 3. The van der Waals surface area contributed by atoms with Crippen molar-refractivity contribution in [2.24, 2.45) is 0 Å². The van der Waals surface area contributed by atoms with E-state index in [1.54, 1.807) is 18.2 Å². The number of carbonyl (C=O) groups is 1. The van der Waals surface area contributed by atoms with Crippen molar-refractivity contribution in [2.45, 2.75) is 6.18 Å². The lowest BCUT2D eigenvalue weighted by Gasteiger charge is -2.15. The van der Waals surface area contributed by atoms with Gasteiger partial charge in [-0.1, -0.05) is 35.9 Å². The molecule has 2 rings (SSSR count). The largest absolute Gasteiger partial charge is 0.418 e. The van der Waals surface area contributed by atoms with Crippen molar-refractivity contribution >= 4 is 23.4 Å². The molecule has 21 heavy (non-hydrogen) atoms. The van der Waals surface area contributed by atoms with Gasteiger partial charge in [0.25, 0.3) is 0 Å². The van der Waals surface area contributed by atoms with Crippen LogP contribution in [-0.2, 0) is 6.18 Å². The Morgan fingerprint density at radius 1 is 1.05 bits per heavy atom. The lowest BCUT2D eigenvalue weighted by atomic mass is 10.1. The summed E-state index contributed by atoms with van der Waals surface area (Å²) in [5, 5.41) is 1.79. The summed E-state index contributed by atoms with van der Waals surface area (Å²) in [4.78, 5) is 11.7. The first-order chi connectivity index (χ1) is 9.88. The van der Waals surface area contributed by atoms with Crippen LogP contribution >= 0.6 is 11.6 Å². The monoisotopic (exact) mass is 315 g/mol. The molecule has 0 radical (unpaired) electrons. The van der Waals surface area contributed by atoms with E-state index in [0.29, 0.717) is 0 Å². The first-order valence-corrected chi connectivity index (χ1v) is 6.15. The maximum atomic E-state index is 12.9. The summed E-state index contributed by atoms with van der Waals surface area (Å²) in [6.45, 7) is 0. The van der Waals surface area contributed by atoms with E-state index in [1.807, 2.05) is 5.32 Å². The molecule has 7 heteroatoms. The zero-order chi connectivity index (χ0) is 15.5. The van der Waals surface area contributed by atoms with Crippen molar-refractivity contribution in [3.05, 3.63) is 59.1 Å². The molecule has 0 saturated carbocycles. The molecule has 0 unspecified atom stereocenters. The summed E-state index contributed by atoms with van der Waals surface area (Å²) >= 11 is 5.71. The van der Waals surface area contributed by atoms with Crippen LogP contribution in [0.1, 0.15) is 5.56 Å². The normalized spacial score (nSPS) is 11.0. The minimum absolute atomic E-state index is 0.204. The summed E-state index contributed by atoms with van der Waals surface area (Å²) in [6, 6.07) is 11.2. The Kier molecular flexibility index (Phi) is 4.37. The average Bonchev–Trinajstić information content (AvgIpc) is 2.41. The van der Waals surface area contributed by atoms with Gasteiger partial charge in [-0.2, -0.15) is 13.2 Å². The molecule has 2 aromatic rings. The fraction of sp³-hybridized carbons (Fsp3) is 0.0714. The van der Waals surface area contributed by atoms with Crippen LogP contribution in [0, 0.1) is 0 Å². The van der Waals surface area contributed by atoms with Crippen LogP contribution < -0.4 is 10.1 Å². The summed E-state index contributed by atoms with van der Waals surface area (Å²) < 4.78 is 43.4. The van der Waals surface area contributed by atoms with Gasteiger partial charge >= 0.3 is 12.3 Å². The van der Waals surface area contributed by atoms with Gasteiger partial charge in [-0.15, -0.1) is 0 Å². The summed E-state index contributed by atoms with van der Waals surface area (Å²) in [5.41, 5.74) is -1.58. The fourth-order valence-corrected chi connectivity index (χ4v) is 1.83. The first kappa shape index (κ1) is 15.2. The second-order valence-corrected chi connectivity index (χ2v) is 4.39. The molecular weight excluding hydrogens is 307 g/mol. The lowest BCUT2D eigenvalue weighted by Crippen LogP contribution is -2.20. The number of para-hydroxylation sites is 2. The number of hydrogen-bond acceptors (Lipinski definition) is 2. The van der Waals surface area contributed by atoms with Gasteiger partial charge in [-0.05, 0) is 24.3 Å². The van der Waals surface area contributed by atoms with Crippen molar-refractivity contribution in [3.63, 3.8) is 0 Å². The van der Waals surface area contributed by atoms with Gasteiger partial charge in [0.1, 0.15) is 5.75 Å². The van der Waals surface area contributed by atoms with Gasteiger partial charge in [0.05, 0.1) is 16.3 Å². The van der Waals surface area contributed by atoms with E-state index in [0.717, 1.165) is 12.1 Å². The molecule has 0 spiro atoms. The van der Waals surface area contributed by atoms with Crippen molar-refractivity contribution in [3.8, 4) is 5.75 Å². The molecule has 1 N–H and O–H groups in total. The highest BCUT2D eigenvalue weighted by atomic mass is 35.5. The molecule has 0 aliphatic rings. The number of hydrogen-bond donors (Lipinski definition) is 1. The van der Waals surface area contributed by atoms with E-state index in [-0.39, 0.29) is 10.8 Å². The lowest BCUT2D eigenvalue weighted by molar-refractivity contribution is -0.136. The SMILES string of the molecule is O=C(Nc1c(Cl)cccc1C(F)(F)F)Oc1ccccc1. The number of carbonyl (C=O) groups excluding carboxylic acids is 1. The van der Waals surface area contributed by atoms with E-state index in [4.69, 9.17) is 16.3 Å². The van der Waals surface area contributed by atoms with E-state index >= 15 is 0 Å². The van der Waals surface area contributed by atoms with Crippen LogP contribution in [0.15, 0.2) is 48.5 Å². The molecule has 2 aromatic carbocycles. The van der Waals surface area contributed by atoms with Crippen molar-refractivity contribution in [1.29, 1.82) is 0 Å². The Morgan fingerprint density at radius 2 is 1.71 bits per heavy atom. The number of amides is 1. The quantitative estimate of drug-likeness (QED) is 0.849. The summed E-state index contributed by atoms with van der Waals surface area (Å²) in [5.74, 6) is 0.204. The molecule has 0 atom stereocenters. The minimum atomic E-state index is -4.64. The Labute approximate surface area is 123 Å². The standard InChI is InChI=1S/C14H9ClF3NO2/c15-11-8-4-7-10(14(16,17)18)12(11)19-13(20)21-9-5-2-1-3-6-9/h1-8H,(H,19,20). The number of nitrogens with one attached hydrogen (secondary N) is 1. The van der Waals surface area contributed by atoms with Crippen molar-refractivity contribution < 1.29 is 22.7 Å². The number of anilines is 1. The molecule has 0 heterocycles. The highest BCUT2D eigenvalue weighted by molar-refractivity contribution is 6.33. The maximum absolute atomic E-state index is 12.9. The van der Waals surface area contributed by atoms with Gasteiger partial charge in [0.2, 0.25) is 0 Å². The molecule has 0 bridgehead atoms. The Hall–Kier alpha value is -2.21. The van der Waals surface area contributed by atoms with Gasteiger partial charge < -0.3 is 4.74 Å². The second kappa shape index (κ2) is 6.05. The van der Waals surface area contributed by atoms with Gasteiger partial charge in [-0.25, -0.2) is 4.79 Å². The van der Waals surface area contributed by atoms with Crippen LogP contribution in [0.4, 0.5) is 23.7 Å². The van der Waals surface area contributed by atoms with Gasteiger partial charge in [0, 0.05) is 0 Å². The van der Waals surface area contributed by atoms with E-state index in [1.165, 1.54) is 18.2 Å². The van der Waals surface area contributed by atoms with Crippen LogP contribution in [0.2, 0.25) is 5.02 Å². The van der Waals surface area contributed by atoms with E-state index in [9.17, 15) is 18.0 Å². The fourth-order valence-electron chi connectivity index (χ4n) is 1.61. The number of benzene rings is 2. The average molecular weight is 316 g/mol. The van der Waals surface area contributed by atoms with Crippen LogP contribution in [0.25, 0.3) is 0 Å². The van der Waals surface area contributed by atoms with Crippen LogP contribution in [-0.4, -0.2) is 6.09 Å². The Balaban J connectivity index is 2.21. The minimum Gasteiger partial charge on any atom is -0.410 e. The Morgan fingerprint density at radius 3 is 2.33 bits per heavy atom.